The molecule has 1 aromatic carbocycles. The minimum absolute atomic E-state index is 0.294. The van der Waals surface area contributed by atoms with Gasteiger partial charge in [-0.1, -0.05) is 16.8 Å². The van der Waals surface area contributed by atoms with E-state index in [0.29, 0.717) is 22.3 Å². The number of carbonyl (C=O) groups excluding carboxylic acids is 1. The van der Waals surface area contributed by atoms with Crippen LogP contribution in [0.4, 0.5) is 0 Å². The zero-order valence-corrected chi connectivity index (χ0v) is 15.3. The smallest absolute Gasteiger partial charge is 0.253 e. The van der Waals surface area contributed by atoms with Gasteiger partial charge in [0.25, 0.3) is 5.91 Å². The molecule has 0 spiro atoms. The van der Waals surface area contributed by atoms with Crippen molar-refractivity contribution in [1.29, 1.82) is 0 Å². The van der Waals surface area contributed by atoms with Gasteiger partial charge in [-0.15, -0.1) is 0 Å². The molecule has 1 unspecified atom stereocenters. The first-order chi connectivity index (χ1) is 11.9. The second-order valence-electron chi connectivity index (χ2n) is 5.99. The van der Waals surface area contributed by atoms with E-state index in [4.69, 9.17) is 16.1 Å². The number of hydrogen-bond donors (Lipinski definition) is 1. The number of carbonyl (C=O) groups is 1. The number of benzene rings is 1. The normalized spacial score (nSPS) is 12.2. The molecule has 3 rings (SSSR count). The second kappa shape index (κ2) is 6.72. The zero-order chi connectivity index (χ0) is 18.1. The van der Waals surface area contributed by atoms with Crippen LogP contribution in [0.5, 0.6) is 0 Å². The first-order valence-electron chi connectivity index (χ1n) is 7.92. The summed E-state index contributed by atoms with van der Waals surface area (Å²) in [6.45, 7) is 7.54. The first kappa shape index (κ1) is 17.2. The molecule has 0 saturated carbocycles. The van der Waals surface area contributed by atoms with Gasteiger partial charge in [0.05, 0.1) is 10.6 Å². The zero-order valence-electron chi connectivity index (χ0n) is 14.5. The number of halogens is 1. The van der Waals surface area contributed by atoms with Gasteiger partial charge in [0.2, 0.25) is 5.89 Å². The van der Waals surface area contributed by atoms with Crippen molar-refractivity contribution in [3.05, 3.63) is 64.0 Å². The minimum atomic E-state index is -0.413. The van der Waals surface area contributed by atoms with E-state index in [1.165, 1.54) is 0 Å². The Morgan fingerprint density at radius 3 is 2.48 bits per heavy atom. The molecular weight excluding hydrogens is 340 g/mol. The van der Waals surface area contributed by atoms with Crippen LogP contribution in [-0.2, 0) is 0 Å². The van der Waals surface area contributed by atoms with Gasteiger partial charge in [-0.25, -0.2) is 0 Å². The Bertz CT molecular complexity index is 910. The Balaban J connectivity index is 1.89. The van der Waals surface area contributed by atoms with Crippen LogP contribution in [0.2, 0.25) is 5.02 Å². The van der Waals surface area contributed by atoms with Crippen LogP contribution in [0.15, 0.2) is 34.9 Å². The van der Waals surface area contributed by atoms with Crippen molar-refractivity contribution in [2.24, 2.45) is 0 Å². The number of amides is 1. The highest BCUT2D eigenvalue weighted by molar-refractivity contribution is 6.33. The third-order valence-corrected chi connectivity index (χ3v) is 4.31. The number of aryl methyl sites for hydroxylation is 3. The van der Waals surface area contributed by atoms with Crippen molar-refractivity contribution < 1.29 is 9.32 Å². The van der Waals surface area contributed by atoms with Crippen LogP contribution in [0, 0.1) is 20.8 Å². The Kier molecular flexibility index (Phi) is 4.63. The fourth-order valence-electron chi connectivity index (χ4n) is 2.73. The first-order valence-corrected chi connectivity index (χ1v) is 8.30. The van der Waals surface area contributed by atoms with E-state index < -0.39 is 6.04 Å². The lowest BCUT2D eigenvalue weighted by atomic mass is 10.1. The number of nitrogens with zero attached hydrogens (tertiary/aromatic N) is 3. The Hall–Kier alpha value is -2.60. The van der Waals surface area contributed by atoms with E-state index >= 15 is 0 Å². The lowest BCUT2D eigenvalue weighted by Gasteiger charge is -2.14. The topological polar surface area (TPSA) is 73.0 Å². The molecule has 1 amide bonds. The Morgan fingerprint density at radius 2 is 1.88 bits per heavy atom. The summed E-state index contributed by atoms with van der Waals surface area (Å²) in [6.07, 6.45) is 0. The predicted octanol–water partition coefficient (Wildman–Crippen LogP) is 3.93. The standard InChI is InChI=1S/C18H19ClN4O2/c1-10-5-6-11(2)23(10)14-7-8-16(19)15(9-14)17(24)20-12(3)18-21-13(4)22-25-18/h5-9,12H,1-4H3,(H,20,24). The Morgan fingerprint density at radius 1 is 1.20 bits per heavy atom. The highest BCUT2D eigenvalue weighted by atomic mass is 35.5. The summed E-state index contributed by atoms with van der Waals surface area (Å²) in [6, 6.07) is 9.05. The largest absolute Gasteiger partial charge is 0.340 e. The molecule has 3 aromatic rings. The molecule has 0 bridgehead atoms. The molecule has 1 N–H and O–H groups in total. The number of rotatable bonds is 4. The van der Waals surface area contributed by atoms with Gasteiger partial charge in [0.1, 0.15) is 6.04 Å². The van der Waals surface area contributed by atoms with E-state index in [1.807, 2.05) is 32.0 Å². The molecule has 2 heterocycles. The maximum atomic E-state index is 12.7. The molecule has 6 nitrogen and oxygen atoms in total. The Labute approximate surface area is 150 Å². The molecule has 0 aliphatic carbocycles. The molecule has 0 fully saturated rings. The highest BCUT2D eigenvalue weighted by Crippen LogP contribution is 2.23. The quantitative estimate of drug-likeness (QED) is 0.766. The van der Waals surface area contributed by atoms with Gasteiger partial charge in [-0.05, 0) is 58.0 Å². The fourth-order valence-corrected chi connectivity index (χ4v) is 2.93. The summed E-state index contributed by atoms with van der Waals surface area (Å²) in [5.41, 5.74) is 3.45. The van der Waals surface area contributed by atoms with E-state index in [9.17, 15) is 4.79 Å². The van der Waals surface area contributed by atoms with Crippen molar-refractivity contribution >= 4 is 17.5 Å². The summed E-state index contributed by atoms with van der Waals surface area (Å²) in [4.78, 5) is 16.8. The molecular formula is C18H19ClN4O2. The van der Waals surface area contributed by atoms with Gasteiger partial charge in [0.15, 0.2) is 5.82 Å². The van der Waals surface area contributed by atoms with Gasteiger partial charge < -0.3 is 14.4 Å². The molecule has 7 heteroatoms. The number of nitrogens with one attached hydrogen (secondary N) is 1. The second-order valence-corrected chi connectivity index (χ2v) is 6.40. The van der Waals surface area contributed by atoms with Crippen molar-refractivity contribution in [3.63, 3.8) is 0 Å². The lowest BCUT2D eigenvalue weighted by molar-refractivity contribution is 0.0932. The van der Waals surface area contributed by atoms with Crippen molar-refractivity contribution in [1.82, 2.24) is 20.0 Å². The predicted molar refractivity (Wildman–Crippen MR) is 95.2 cm³/mol. The van der Waals surface area contributed by atoms with Gasteiger partial charge in [0, 0.05) is 17.1 Å². The SMILES string of the molecule is Cc1noc(C(C)NC(=O)c2cc(-n3c(C)ccc3C)ccc2Cl)n1. The summed E-state index contributed by atoms with van der Waals surface area (Å²) in [5.74, 6) is 0.586. The summed E-state index contributed by atoms with van der Waals surface area (Å²) < 4.78 is 7.16. The average Bonchev–Trinajstić information content (AvgIpc) is 3.14. The van der Waals surface area contributed by atoms with Crippen LogP contribution in [-0.4, -0.2) is 20.6 Å². The summed E-state index contributed by atoms with van der Waals surface area (Å²) in [7, 11) is 0. The fraction of sp³-hybridized carbons (Fsp3) is 0.278. The van der Waals surface area contributed by atoms with E-state index in [0.717, 1.165) is 17.1 Å². The third kappa shape index (κ3) is 3.44. The van der Waals surface area contributed by atoms with E-state index in [-0.39, 0.29) is 5.91 Å². The van der Waals surface area contributed by atoms with Crippen LogP contribution < -0.4 is 5.32 Å². The molecule has 0 saturated heterocycles. The average molecular weight is 359 g/mol. The monoisotopic (exact) mass is 358 g/mol. The van der Waals surface area contributed by atoms with Crippen LogP contribution >= 0.6 is 11.6 Å². The van der Waals surface area contributed by atoms with Crippen LogP contribution in [0.3, 0.4) is 0 Å². The molecule has 0 aliphatic rings. The third-order valence-electron chi connectivity index (χ3n) is 3.99. The molecule has 0 radical (unpaired) electrons. The van der Waals surface area contributed by atoms with Gasteiger partial charge >= 0.3 is 0 Å². The molecule has 1 atom stereocenters. The maximum Gasteiger partial charge on any atom is 0.253 e. The van der Waals surface area contributed by atoms with Crippen molar-refractivity contribution in [3.8, 4) is 5.69 Å². The van der Waals surface area contributed by atoms with Gasteiger partial charge in [-0.3, -0.25) is 4.79 Å². The van der Waals surface area contributed by atoms with Crippen molar-refractivity contribution in [2.45, 2.75) is 33.7 Å². The highest BCUT2D eigenvalue weighted by Gasteiger charge is 2.19. The summed E-state index contributed by atoms with van der Waals surface area (Å²) >= 11 is 6.24. The van der Waals surface area contributed by atoms with Crippen molar-refractivity contribution in [2.75, 3.05) is 0 Å². The van der Waals surface area contributed by atoms with Crippen LogP contribution in [0.25, 0.3) is 5.69 Å². The minimum Gasteiger partial charge on any atom is -0.340 e. The van der Waals surface area contributed by atoms with E-state index in [2.05, 4.69) is 20.0 Å². The number of hydrogen-bond acceptors (Lipinski definition) is 4. The molecule has 2 aromatic heterocycles. The maximum absolute atomic E-state index is 12.7. The summed E-state index contributed by atoms with van der Waals surface area (Å²) in [5, 5.41) is 6.96. The van der Waals surface area contributed by atoms with Crippen LogP contribution in [0.1, 0.15) is 46.4 Å². The molecule has 130 valence electrons. The molecule has 0 aliphatic heterocycles. The molecule has 25 heavy (non-hydrogen) atoms. The lowest BCUT2D eigenvalue weighted by Crippen LogP contribution is -2.27. The van der Waals surface area contributed by atoms with E-state index in [1.54, 1.807) is 26.0 Å². The number of aromatic nitrogens is 3. The van der Waals surface area contributed by atoms with Gasteiger partial charge in [-0.2, -0.15) is 4.98 Å².